The number of phenols is 1. The van der Waals surface area contributed by atoms with Crippen LogP contribution in [0.1, 0.15) is 31.0 Å². The lowest BCUT2D eigenvalue weighted by Gasteiger charge is -2.25. The summed E-state index contributed by atoms with van der Waals surface area (Å²) in [5.74, 6) is -0.299. The fourth-order valence-corrected chi connectivity index (χ4v) is 5.12. The molecule has 0 aliphatic carbocycles. The molecule has 0 spiro atoms. The van der Waals surface area contributed by atoms with E-state index in [0.29, 0.717) is 27.6 Å². The maximum absolute atomic E-state index is 13.7. The van der Waals surface area contributed by atoms with Gasteiger partial charge >= 0.3 is 11.7 Å². The Kier molecular flexibility index (Phi) is 7.11. The lowest BCUT2D eigenvalue weighted by molar-refractivity contribution is -0.385. The number of fused-ring (bicyclic) bond motifs is 1. The molecular formula is C25H23N3O8S. The summed E-state index contributed by atoms with van der Waals surface area (Å²) in [5, 5.41) is 21.6. The van der Waals surface area contributed by atoms with E-state index in [9.17, 15) is 24.8 Å². The second-order valence-corrected chi connectivity index (χ2v) is 8.90. The number of phenolic OH excluding ortho intramolecular Hbond substituents is 1. The zero-order valence-electron chi connectivity index (χ0n) is 20.4. The van der Waals surface area contributed by atoms with Crippen LogP contribution >= 0.6 is 11.3 Å². The first-order chi connectivity index (χ1) is 17.7. The molecule has 0 saturated heterocycles. The molecule has 3 aromatic rings. The van der Waals surface area contributed by atoms with Crippen molar-refractivity contribution in [1.29, 1.82) is 0 Å². The Balaban J connectivity index is 1.99. The summed E-state index contributed by atoms with van der Waals surface area (Å²) in [6, 6.07) is 8.20. The Morgan fingerprint density at radius 1 is 1.24 bits per heavy atom. The van der Waals surface area contributed by atoms with Crippen LogP contribution in [0, 0.1) is 10.1 Å². The molecule has 2 aromatic carbocycles. The minimum absolute atomic E-state index is 0.100. The van der Waals surface area contributed by atoms with Gasteiger partial charge in [-0.1, -0.05) is 29.5 Å². The van der Waals surface area contributed by atoms with Crippen LogP contribution in [-0.2, 0) is 9.53 Å². The number of allylic oxidation sites excluding steroid dienone is 1. The topological polar surface area (TPSA) is 142 Å². The number of hydrogen-bond acceptors (Lipinski definition) is 10. The van der Waals surface area contributed by atoms with Gasteiger partial charge in [0.1, 0.15) is 0 Å². The molecule has 1 N–H and O–H groups in total. The Morgan fingerprint density at radius 2 is 1.97 bits per heavy atom. The van der Waals surface area contributed by atoms with Gasteiger partial charge in [-0.2, -0.15) is 0 Å². The molecular weight excluding hydrogens is 502 g/mol. The summed E-state index contributed by atoms with van der Waals surface area (Å²) in [7, 11) is 2.98. The van der Waals surface area contributed by atoms with Crippen LogP contribution in [0.2, 0.25) is 0 Å². The maximum Gasteiger partial charge on any atom is 0.338 e. The van der Waals surface area contributed by atoms with Gasteiger partial charge in [0.05, 0.1) is 47.6 Å². The fraction of sp³-hybridized carbons (Fsp3) is 0.240. The number of nitro benzene ring substituents is 1. The number of para-hydroxylation sites is 1. The number of carbonyl (C=O) groups is 1. The number of thiazole rings is 1. The van der Waals surface area contributed by atoms with Crippen molar-refractivity contribution < 1.29 is 29.0 Å². The highest BCUT2D eigenvalue weighted by Gasteiger charge is 2.34. The van der Waals surface area contributed by atoms with Crippen molar-refractivity contribution in [2.75, 3.05) is 20.8 Å². The Labute approximate surface area is 214 Å². The van der Waals surface area contributed by atoms with E-state index >= 15 is 0 Å². The zero-order chi connectivity index (χ0) is 26.9. The fourth-order valence-electron chi connectivity index (χ4n) is 4.08. The van der Waals surface area contributed by atoms with Crippen molar-refractivity contribution in [3.8, 4) is 17.2 Å². The quantitative estimate of drug-likeness (QED) is 0.282. The van der Waals surface area contributed by atoms with Gasteiger partial charge in [0.25, 0.3) is 5.56 Å². The number of rotatable bonds is 7. The molecule has 4 rings (SSSR count). The van der Waals surface area contributed by atoms with Gasteiger partial charge in [-0.05, 0) is 37.6 Å². The molecule has 1 aliphatic rings. The highest BCUT2D eigenvalue weighted by atomic mass is 32.1. The third-order valence-electron chi connectivity index (χ3n) is 5.77. The summed E-state index contributed by atoms with van der Waals surface area (Å²) < 4.78 is 17.6. The minimum Gasteiger partial charge on any atom is -0.502 e. The van der Waals surface area contributed by atoms with Crippen molar-refractivity contribution >= 4 is 29.1 Å². The number of esters is 1. The van der Waals surface area contributed by atoms with Crippen LogP contribution in [-0.4, -0.2) is 41.4 Å². The van der Waals surface area contributed by atoms with Crippen molar-refractivity contribution in [1.82, 2.24) is 4.57 Å². The van der Waals surface area contributed by atoms with E-state index in [2.05, 4.69) is 4.99 Å². The minimum atomic E-state index is -0.893. The summed E-state index contributed by atoms with van der Waals surface area (Å²) in [4.78, 5) is 42.0. The molecule has 0 fully saturated rings. The number of aromatic nitrogens is 1. The lowest BCUT2D eigenvalue weighted by Crippen LogP contribution is -2.40. The number of hydrogen-bond donors (Lipinski definition) is 1. The first-order valence-corrected chi connectivity index (χ1v) is 11.9. The molecule has 192 valence electrons. The lowest BCUT2D eigenvalue weighted by atomic mass is 9.95. The van der Waals surface area contributed by atoms with Gasteiger partial charge < -0.3 is 19.3 Å². The number of nitro groups is 1. The summed E-state index contributed by atoms with van der Waals surface area (Å²) in [6.07, 6.45) is 1.36. The van der Waals surface area contributed by atoms with E-state index in [0.717, 1.165) is 11.3 Å². The second kappa shape index (κ2) is 10.3. The largest absolute Gasteiger partial charge is 0.502 e. The molecule has 37 heavy (non-hydrogen) atoms. The van der Waals surface area contributed by atoms with E-state index in [1.165, 1.54) is 43.1 Å². The van der Waals surface area contributed by atoms with Crippen LogP contribution < -0.4 is 24.4 Å². The van der Waals surface area contributed by atoms with Gasteiger partial charge in [0.2, 0.25) is 5.75 Å². The van der Waals surface area contributed by atoms with Crippen molar-refractivity contribution in [3.63, 3.8) is 0 Å². The zero-order valence-corrected chi connectivity index (χ0v) is 21.2. The molecule has 1 aliphatic heterocycles. The van der Waals surface area contributed by atoms with E-state index in [1.807, 2.05) is 0 Å². The molecule has 1 unspecified atom stereocenters. The predicted octanol–water partition coefficient (Wildman–Crippen LogP) is 2.43. The molecule has 0 saturated carbocycles. The summed E-state index contributed by atoms with van der Waals surface area (Å²) in [5.41, 5.74) is 0.244. The van der Waals surface area contributed by atoms with E-state index in [-0.39, 0.29) is 22.3 Å². The van der Waals surface area contributed by atoms with Gasteiger partial charge in [-0.3, -0.25) is 19.5 Å². The highest BCUT2D eigenvalue weighted by Crippen LogP contribution is 2.36. The Hall–Kier alpha value is -4.45. The highest BCUT2D eigenvalue weighted by molar-refractivity contribution is 7.07. The molecule has 2 heterocycles. The second-order valence-electron chi connectivity index (χ2n) is 7.89. The Morgan fingerprint density at radius 3 is 2.62 bits per heavy atom. The van der Waals surface area contributed by atoms with E-state index in [1.54, 1.807) is 32.0 Å². The van der Waals surface area contributed by atoms with E-state index < -0.39 is 33.9 Å². The van der Waals surface area contributed by atoms with Crippen molar-refractivity contribution in [2.45, 2.75) is 19.9 Å². The third kappa shape index (κ3) is 4.58. The maximum atomic E-state index is 13.7. The van der Waals surface area contributed by atoms with Gasteiger partial charge in [-0.15, -0.1) is 0 Å². The third-order valence-corrected chi connectivity index (χ3v) is 6.75. The van der Waals surface area contributed by atoms with Crippen LogP contribution in [0.25, 0.3) is 6.08 Å². The SMILES string of the molecule is CCOC(=O)C1=C(C)N=c2s/c(=C/c3cccc([N+](=O)[O-])c3O)c(=O)n2C1c1ccc(OC)c(OC)c1. The van der Waals surface area contributed by atoms with Gasteiger partial charge in [-0.25, -0.2) is 9.79 Å². The number of aromatic hydroxyl groups is 1. The summed E-state index contributed by atoms with van der Waals surface area (Å²) >= 11 is 1.03. The van der Waals surface area contributed by atoms with Crippen molar-refractivity contribution in [3.05, 3.63) is 88.6 Å². The average Bonchev–Trinajstić information content (AvgIpc) is 3.18. The molecule has 0 bridgehead atoms. The Bertz CT molecular complexity index is 1620. The molecule has 12 heteroatoms. The van der Waals surface area contributed by atoms with Crippen LogP contribution in [0.4, 0.5) is 5.69 Å². The first-order valence-electron chi connectivity index (χ1n) is 11.1. The number of carbonyl (C=O) groups excluding carboxylic acids is 1. The molecule has 0 radical (unpaired) electrons. The molecule has 0 amide bonds. The number of nitrogens with zero attached hydrogens (tertiary/aromatic N) is 3. The monoisotopic (exact) mass is 525 g/mol. The van der Waals surface area contributed by atoms with Crippen LogP contribution in [0.3, 0.4) is 0 Å². The normalized spacial score (nSPS) is 15.1. The van der Waals surface area contributed by atoms with Gasteiger partial charge in [0, 0.05) is 11.6 Å². The van der Waals surface area contributed by atoms with Crippen molar-refractivity contribution in [2.24, 2.45) is 4.99 Å². The smallest absolute Gasteiger partial charge is 0.338 e. The molecule has 1 atom stereocenters. The molecule has 1 aromatic heterocycles. The number of benzene rings is 2. The summed E-state index contributed by atoms with van der Waals surface area (Å²) in [6.45, 7) is 3.47. The standard InChI is InChI=1S/C25H23N3O8S/c1-5-36-24(31)20-13(2)26-25-27(21(20)14-9-10-17(34-3)18(11-14)35-4)23(30)19(37-25)12-15-7-6-8-16(22(15)29)28(32)33/h6-12,21,29H,5H2,1-4H3/b19-12+. The number of methoxy groups -OCH3 is 2. The average molecular weight is 526 g/mol. The molecule has 11 nitrogen and oxygen atoms in total. The van der Waals surface area contributed by atoms with Crippen LogP contribution in [0.5, 0.6) is 17.2 Å². The van der Waals surface area contributed by atoms with E-state index in [4.69, 9.17) is 14.2 Å². The van der Waals surface area contributed by atoms with Crippen LogP contribution in [0.15, 0.2) is 57.5 Å². The van der Waals surface area contributed by atoms with Gasteiger partial charge in [0.15, 0.2) is 16.3 Å². The number of ether oxygens (including phenoxy) is 3. The predicted molar refractivity (Wildman–Crippen MR) is 135 cm³/mol. The first kappa shape index (κ1) is 25.6.